The van der Waals surface area contributed by atoms with Crippen LogP contribution in [0.4, 0.5) is 0 Å². The topological polar surface area (TPSA) is 87.8 Å². The Hall–Kier alpha value is -2.97. The summed E-state index contributed by atoms with van der Waals surface area (Å²) in [5.74, 6) is 0.497. The Labute approximate surface area is 202 Å². The van der Waals surface area contributed by atoms with Gasteiger partial charge in [0.05, 0.1) is 22.9 Å². The minimum Gasteiger partial charge on any atom is -0.487 e. The molecular formula is C26H26ClN3O4. The van der Waals surface area contributed by atoms with E-state index in [1.165, 1.54) is 11.6 Å². The zero-order valence-electron chi connectivity index (χ0n) is 18.6. The first-order valence-corrected chi connectivity index (χ1v) is 11.7. The van der Waals surface area contributed by atoms with E-state index in [-0.39, 0.29) is 12.2 Å². The van der Waals surface area contributed by atoms with Crippen molar-refractivity contribution in [1.82, 2.24) is 14.5 Å². The summed E-state index contributed by atoms with van der Waals surface area (Å²) in [4.78, 5) is 19.0. The quantitative estimate of drug-likeness (QED) is 0.565. The molecule has 1 aromatic carbocycles. The lowest BCUT2D eigenvalue weighted by atomic mass is 9.93. The van der Waals surface area contributed by atoms with Gasteiger partial charge in [0.1, 0.15) is 12.4 Å². The Morgan fingerprint density at radius 2 is 1.88 bits per heavy atom. The number of allylic oxidation sites excluding steroid dienone is 1. The van der Waals surface area contributed by atoms with Crippen LogP contribution in [0.2, 0.25) is 5.02 Å². The third-order valence-corrected chi connectivity index (χ3v) is 6.52. The molecule has 34 heavy (non-hydrogen) atoms. The van der Waals surface area contributed by atoms with Gasteiger partial charge in [-0.1, -0.05) is 29.8 Å². The maximum atomic E-state index is 12.8. The van der Waals surface area contributed by atoms with E-state index in [1.807, 2.05) is 0 Å². The molecule has 2 atom stereocenters. The lowest BCUT2D eigenvalue weighted by Crippen LogP contribution is -2.22. The molecule has 0 bridgehead atoms. The van der Waals surface area contributed by atoms with Gasteiger partial charge in [-0.25, -0.2) is 0 Å². The third-order valence-electron chi connectivity index (χ3n) is 6.30. The average molecular weight is 480 g/mol. The number of nitrogens with zero attached hydrogens (tertiary/aromatic N) is 3. The SMILES string of the molecule is O=c1cc(OCc2ccc(Cl)cn2)ccn1C1=Cc2ccc(CN3C[C@@H](O)[C@@H](O)C3)cc2CC1. The third kappa shape index (κ3) is 5.08. The molecule has 3 aromatic rings. The molecule has 1 aliphatic carbocycles. The van der Waals surface area contributed by atoms with E-state index in [0.29, 0.717) is 30.4 Å². The van der Waals surface area contributed by atoms with E-state index in [4.69, 9.17) is 16.3 Å². The number of aromatic nitrogens is 2. The molecule has 2 aromatic heterocycles. The van der Waals surface area contributed by atoms with Gasteiger partial charge >= 0.3 is 0 Å². The van der Waals surface area contributed by atoms with Gasteiger partial charge in [-0.2, -0.15) is 0 Å². The molecular weight excluding hydrogens is 454 g/mol. The maximum absolute atomic E-state index is 12.8. The standard InChI is InChI=1S/C26H26ClN3O4/c27-20-4-5-21(28-12-20)16-34-23-7-8-30(26(33)11-23)22-6-3-18-9-17(1-2-19(18)10-22)13-29-14-24(31)25(32)15-29/h1-2,4-5,7-12,24-25,31-32H,3,6,13-16H2/t24-,25+. The number of benzene rings is 1. The molecule has 5 rings (SSSR count). The highest BCUT2D eigenvalue weighted by molar-refractivity contribution is 6.30. The second-order valence-electron chi connectivity index (χ2n) is 8.82. The number of aryl methyl sites for hydroxylation is 1. The fourth-order valence-corrected chi connectivity index (χ4v) is 4.60. The number of fused-ring (bicyclic) bond motifs is 1. The molecule has 2 aliphatic rings. The summed E-state index contributed by atoms with van der Waals surface area (Å²) in [5, 5.41) is 20.1. The van der Waals surface area contributed by atoms with Crippen molar-refractivity contribution in [2.45, 2.75) is 38.2 Å². The van der Waals surface area contributed by atoms with Crippen molar-refractivity contribution in [1.29, 1.82) is 0 Å². The molecule has 1 fully saturated rings. The number of hydrogen-bond acceptors (Lipinski definition) is 6. The Kier molecular flexibility index (Phi) is 6.52. The molecule has 1 saturated heterocycles. The van der Waals surface area contributed by atoms with Crippen LogP contribution in [0.25, 0.3) is 11.8 Å². The van der Waals surface area contributed by atoms with Gasteiger partial charge in [0.2, 0.25) is 0 Å². The number of likely N-dealkylation sites (tertiary alicyclic amines) is 1. The largest absolute Gasteiger partial charge is 0.487 e. The zero-order valence-corrected chi connectivity index (χ0v) is 19.4. The Bertz CT molecular complexity index is 1260. The smallest absolute Gasteiger partial charge is 0.258 e. The van der Waals surface area contributed by atoms with Crippen LogP contribution in [0.1, 0.15) is 28.8 Å². The first kappa shape index (κ1) is 22.8. The normalized spacial score (nSPS) is 20.1. The molecule has 2 N–H and O–H groups in total. The molecule has 8 heteroatoms. The fraction of sp³-hybridized carbons (Fsp3) is 0.308. The van der Waals surface area contributed by atoms with Crippen molar-refractivity contribution in [2.75, 3.05) is 13.1 Å². The van der Waals surface area contributed by atoms with E-state index in [2.05, 4.69) is 34.2 Å². The highest BCUT2D eigenvalue weighted by Crippen LogP contribution is 2.28. The van der Waals surface area contributed by atoms with Crippen LogP contribution in [0, 0.1) is 0 Å². The number of hydrogen-bond donors (Lipinski definition) is 2. The minimum atomic E-state index is -0.674. The van der Waals surface area contributed by atoms with Crippen molar-refractivity contribution in [3.63, 3.8) is 0 Å². The van der Waals surface area contributed by atoms with Gasteiger partial charge < -0.3 is 14.9 Å². The molecule has 3 heterocycles. The number of ether oxygens (including phenoxy) is 1. The molecule has 0 spiro atoms. The lowest BCUT2D eigenvalue weighted by molar-refractivity contribution is 0.0572. The first-order valence-electron chi connectivity index (χ1n) is 11.3. The summed E-state index contributed by atoms with van der Waals surface area (Å²) in [6, 6.07) is 13.2. The molecule has 7 nitrogen and oxygen atoms in total. The van der Waals surface area contributed by atoms with Gasteiger partial charge in [0, 0.05) is 43.8 Å². The summed E-state index contributed by atoms with van der Waals surface area (Å²) in [6.07, 6.45) is 5.63. The summed E-state index contributed by atoms with van der Waals surface area (Å²) in [7, 11) is 0. The van der Waals surface area contributed by atoms with E-state index >= 15 is 0 Å². The number of aliphatic hydroxyl groups is 2. The maximum Gasteiger partial charge on any atom is 0.258 e. The summed E-state index contributed by atoms with van der Waals surface area (Å²) in [5.41, 5.74) is 5.04. The van der Waals surface area contributed by atoms with E-state index < -0.39 is 12.2 Å². The summed E-state index contributed by atoms with van der Waals surface area (Å²) in [6.45, 7) is 1.93. The number of pyridine rings is 2. The highest BCUT2D eigenvalue weighted by Gasteiger charge is 2.29. The van der Waals surface area contributed by atoms with Crippen LogP contribution in [-0.2, 0) is 19.6 Å². The summed E-state index contributed by atoms with van der Waals surface area (Å²) >= 11 is 5.85. The summed E-state index contributed by atoms with van der Waals surface area (Å²) < 4.78 is 7.38. The Balaban J connectivity index is 1.27. The zero-order chi connectivity index (χ0) is 23.7. The Morgan fingerprint density at radius 1 is 1.06 bits per heavy atom. The van der Waals surface area contributed by atoms with E-state index in [0.717, 1.165) is 35.4 Å². The lowest BCUT2D eigenvalue weighted by Gasteiger charge is -2.20. The Morgan fingerprint density at radius 3 is 2.62 bits per heavy atom. The molecule has 0 radical (unpaired) electrons. The number of halogens is 1. The van der Waals surface area contributed by atoms with Crippen LogP contribution in [0.5, 0.6) is 5.75 Å². The molecule has 1 aliphatic heterocycles. The van der Waals surface area contributed by atoms with Gasteiger partial charge in [0.15, 0.2) is 0 Å². The van der Waals surface area contributed by atoms with Crippen LogP contribution >= 0.6 is 11.6 Å². The first-order chi connectivity index (χ1) is 16.4. The number of β-amino-alcohol motifs (C(OH)–C–C–N with tert-alkyl or cyclic N) is 2. The molecule has 0 saturated carbocycles. The number of aliphatic hydroxyl groups excluding tert-OH is 2. The molecule has 0 amide bonds. The highest BCUT2D eigenvalue weighted by atomic mass is 35.5. The minimum absolute atomic E-state index is 0.140. The van der Waals surface area contributed by atoms with Crippen molar-refractivity contribution < 1.29 is 14.9 Å². The monoisotopic (exact) mass is 479 g/mol. The number of rotatable bonds is 6. The van der Waals surface area contributed by atoms with E-state index in [1.54, 1.807) is 35.2 Å². The van der Waals surface area contributed by atoms with Crippen molar-refractivity contribution in [3.8, 4) is 5.75 Å². The molecule has 0 unspecified atom stereocenters. The van der Waals surface area contributed by atoms with Crippen LogP contribution < -0.4 is 10.3 Å². The van der Waals surface area contributed by atoms with Crippen LogP contribution in [0.15, 0.2) is 59.7 Å². The molecule has 176 valence electrons. The van der Waals surface area contributed by atoms with Crippen molar-refractivity contribution >= 4 is 23.4 Å². The average Bonchev–Trinajstić information content (AvgIpc) is 3.15. The van der Waals surface area contributed by atoms with Gasteiger partial charge in [0.25, 0.3) is 5.56 Å². The van der Waals surface area contributed by atoms with Crippen LogP contribution in [0.3, 0.4) is 0 Å². The van der Waals surface area contributed by atoms with Crippen LogP contribution in [-0.4, -0.2) is 50.0 Å². The van der Waals surface area contributed by atoms with Crippen molar-refractivity contribution in [2.24, 2.45) is 0 Å². The second kappa shape index (κ2) is 9.72. The predicted octanol–water partition coefficient (Wildman–Crippen LogP) is 2.96. The van der Waals surface area contributed by atoms with Crippen molar-refractivity contribution in [3.05, 3.63) is 92.6 Å². The van der Waals surface area contributed by atoms with E-state index in [9.17, 15) is 15.0 Å². The van der Waals surface area contributed by atoms with Gasteiger partial charge in [-0.05, 0) is 53.8 Å². The van der Waals surface area contributed by atoms with Gasteiger partial charge in [-0.15, -0.1) is 0 Å². The predicted molar refractivity (Wildman–Crippen MR) is 131 cm³/mol. The van der Waals surface area contributed by atoms with Gasteiger partial charge in [-0.3, -0.25) is 19.2 Å². The second-order valence-corrected chi connectivity index (χ2v) is 9.26. The fourth-order valence-electron chi connectivity index (χ4n) is 4.49.